The first-order valence-corrected chi connectivity index (χ1v) is 8.32. The molecule has 0 radical (unpaired) electrons. The number of carbonyl (C=O) groups excluding carboxylic acids is 1. The fraction of sp³-hybridized carbons (Fsp3) is 0.938. The first-order valence-electron chi connectivity index (χ1n) is 8.32. The number of carbonyl (C=O) groups is 1. The van der Waals surface area contributed by atoms with Gasteiger partial charge in [-0.3, -0.25) is 4.79 Å². The number of aliphatic hydroxyl groups excluding tert-OH is 1. The van der Waals surface area contributed by atoms with Crippen molar-refractivity contribution in [2.24, 2.45) is 11.3 Å². The van der Waals surface area contributed by atoms with Gasteiger partial charge < -0.3 is 15.7 Å². The Morgan fingerprint density at radius 2 is 1.90 bits per heavy atom. The molecular weight excluding hydrogens is 252 g/mol. The van der Waals surface area contributed by atoms with Gasteiger partial charge in [-0.1, -0.05) is 19.3 Å². The lowest BCUT2D eigenvalue weighted by Gasteiger charge is -2.35. The van der Waals surface area contributed by atoms with Crippen LogP contribution in [0.5, 0.6) is 0 Å². The Morgan fingerprint density at radius 1 is 1.20 bits per heavy atom. The SMILES string of the molecule is O=C(CCC1CCNCC1)NCC1(CO)CCCCC1. The maximum Gasteiger partial charge on any atom is 0.220 e. The Bertz CT molecular complexity index is 295. The molecule has 0 aromatic heterocycles. The average molecular weight is 282 g/mol. The zero-order valence-corrected chi connectivity index (χ0v) is 12.6. The van der Waals surface area contributed by atoms with E-state index in [1.165, 1.54) is 32.1 Å². The minimum absolute atomic E-state index is 0.0390. The van der Waals surface area contributed by atoms with Crippen LogP contribution in [0.2, 0.25) is 0 Å². The highest BCUT2D eigenvalue weighted by Gasteiger charge is 2.31. The van der Waals surface area contributed by atoms with E-state index in [-0.39, 0.29) is 17.9 Å². The van der Waals surface area contributed by atoms with Crippen LogP contribution >= 0.6 is 0 Å². The quantitative estimate of drug-likeness (QED) is 0.696. The summed E-state index contributed by atoms with van der Waals surface area (Å²) in [6.07, 6.45) is 9.81. The van der Waals surface area contributed by atoms with Gasteiger partial charge in [-0.15, -0.1) is 0 Å². The monoisotopic (exact) mass is 282 g/mol. The molecule has 2 aliphatic rings. The fourth-order valence-electron chi connectivity index (χ4n) is 3.57. The summed E-state index contributed by atoms with van der Waals surface area (Å²) in [6.45, 7) is 3.07. The van der Waals surface area contributed by atoms with Gasteiger partial charge in [0.1, 0.15) is 0 Å². The van der Waals surface area contributed by atoms with Crippen LogP contribution in [0.25, 0.3) is 0 Å². The molecule has 1 saturated carbocycles. The molecule has 2 rings (SSSR count). The highest BCUT2D eigenvalue weighted by atomic mass is 16.3. The van der Waals surface area contributed by atoms with Crippen LogP contribution in [0.3, 0.4) is 0 Å². The Balaban J connectivity index is 1.65. The van der Waals surface area contributed by atoms with Crippen molar-refractivity contribution in [1.29, 1.82) is 0 Å². The molecule has 0 spiro atoms. The van der Waals surface area contributed by atoms with Gasteiger partial charge >= 0.3 is 0 Å². The summed E-state index contributed by atoms with van der Waals surface area (Å²) in [4.78, 5) is 12.0. The molecule has 2 fully saturated rings. The summed E-state index contributed by atoms with van der Waals surface area (Å²) in [5.74, 6) is 0.880. The number of hydrogen-bond donors (Lipinski definition) is 3. The third kappa shape index (κ3) is 4.74. The van der Waals surface area contributed by atoms with E-state index in [0.29, 0.717) is 18.9 Å². The average Bonchev–Trinajstić information content (AvgIpc) is 2.53. The zero-order valence-electron chi connectivity index (χ0n) is 12.6. The van der Waals surface area contributed by atoms with E-state index < -0.39 is 0 Å². The van der Waals surface area contributed by atoms with Gasteiger partial charge in [-0.25, -0.2) is 0 Å². The van der Waals surface area contributed by atoms with Crippen molar-refractivity contribution in [2.45, 2.75) is 57.8 Å². The molecule has 0 bridgehead atoms. The van der Waals surface area contributed by atoms with E-state index in [0.717, 1.165) is 32.4 Å². The first-order chi connectivity index (χ1) is 9.74. The molecule has 1 saturated heterocycles. The van der Waals surface area contributed by atoms with Crippen LogP contribution in [-0.4, -0.2) is 37.3 Å². The second-order valence-electron chi connectivity index (χ2n) is 6.73. The molecule has 4 nitrogen and oxygen atoms in total. The van der Waals surface area contributed by atoms with Gasteiger partial charge in [0.15, 0.2) is 0 Å². The number of amides is 1. The number of aliphatic hydroxyl groups is 1. The molecular formula is C16H30N2O2. The third-order valence-corrected chi connectivity index (χ3v) is 5.15. The van der Waals surface area contributed by atoms with Crippen molar-refractivity contribution in [1.82, 2.24) is 10.6 Å². The highest BCUT2D eigenvalue weighted by Crippen LogP contribution is 2.35. The van der Waals surface area contributed by atoms with E-state index >= 15 is 0 Å². The Hall–Kier alpha value is -0.610. The Morgan fingerprint density at radius 3 is 2.55 bits per heavy atom. The lowest BCUT2D eigenvalue weighted by atomic mass is 9.74. The van der Waals surface area contributed by atoms with Crippen LogP contribution < -0.4 is 10.6 Å². The van der Waals surface area contributed by atoms with Crippen molar-refractivity contribution in [2.75, 3.05) is 26.2 Å². The summed E-state index contributed by atoms with van der Waals surface area (Å²) in [5, 5.41) is 16.1. The molecule has 1 aliphatic carbocycles. The molecule has 116 valence electrons. The van der Waals surface area contributed by atoms with Crippen LogP contribution in [-0.2, 0) is 4.79 Å². The summed E-state index contributed by atoms with van der Waals surface area (Å²) < 4.78 is 0. The zero-order chi connectivity index (χ0) is 14.3. The molecule has 1 heterocycles. The minimum atomic E-state index is -0.0390. The van der Waals surface area contributed by atoms with Crippen molar-refractivity contribution in [3.05, 3.63) is 0 Å². The van der Waals surface area contributed by atoms with Gasteiger partial charge in [-0.05, 0) is 51.1 Å². The van der Waals surface area contributed by atoms with E-state index in [2.05, 4.69) is 10.6 Å². The summed E-state index contributed by atoms with van der Waals surface area (Å²) >= 11 is 0. The highest BCUT2D eigenvalue weighted by molar-refractivity contribution is 5.75. The Labute approximate surface area is 122 Å². The van der Waals surface area contributed by atoms with Gasteiger partial charge in [0, 0.05) is 18.4 Å². The molecule has 4 heteroatoms. The maximum atomic E-state index is 12.0. The second kappa shape index (κ2) is 7.99. The second-order valence-corrected chi connectivity index (χ2v) is 6.73. The van der Waals surface area contributed by atoms with Gasteiger partial charge in [-0.2, -0.15) is 0 Å². The summed E-state index contributed by atoms with van der Waals surface area (Å²) in [6, 6.07) is 0. The van der Waals surface area contributed by atoms with Gasteiger partial charge in [0.25, 0.3) is 0 Å². The first kappa shape index (κ1) is 15.8. The van der Waals surface area contributed by atoms with Crippen LogP contribution in [0.4, 0.5) is 0 Å². The van der Waals surface area contributed by atoms with Crippen molar-refractivity contribution < 1.29 is 9.90 Å². The number of piperidine rings is 1. The normalized spacial score (nSPS) is 23.4. The van der Waals surface area contributed by atoms with E-state index in [1.54, 1.807) is 0 Å². The van der Waals surface area contributed by atoms with E-state index in [1.807, 2.05) is 0 Å². The number of rotatable bonds is 6. The summed E-state index contributed by atoms with van der Waals surface area (Å²) in [7, 11) is 0. The fourth-order valence-corrected chi connectivity index (χ4v) is 3.57. The van der Waals surface area contributed by atoms with Crippen LogP contribution in [0.15, 0.2) is 0 Å². The predicted molar refractivity (Wildman–Crippen MR) is 80.4 cm³/mol. The van der Waals surface area contributed by atoms with Gasteiger partial charge in [0.05, 0.1) is 6.61 Å². The van der Waals surface area contributed by atoms with Crippen molar-refractivity contribution in [3.8, 4) is 0 Å². The van der Waals surface area contributed by atoms with Crippen molar-refractivity contribution in [3.63, 3.8) is 0 Å². The number of hydrogen-bond acceptors (Lipinski definition) is 3. The smallest absolute Gasteiger partial charge is 0.220 e. The molecule has 0 aromatic rings. The number of nitrogens with one attached hydrogen (secondary N) is 2. The standard InChI is InChI=1S/C16H30N2O2/c19-13-16(8-2-1-3-9-16)12-18-15(20)5-4-14-6-10-17-11-7-14/h14,17,19H,1-13H2,(H,18,20). The minimum Gasteiger partial charge on any atom is -0.396 e. The summed E-state index contributed by atoms with van der Waals surface area (Å²) in [5.41, 5.74) is -0.0390. The van der Waals surface area contributed by atoms with Gasteiger partial charge in [0.2, 0.25) is 5.91 Å². The van der Waals surface area contributed by atoms with E-state index in [9.17, 15) is 9.90 Å². The topological polar surface area (TPSA) is 61.4 Å². The lowest BCUT2D eigenvalue weighted by molar-refractivity contribution is -0.122. The maximum absolute atomic E-state index is 12.0. The molecule has 0 atom stereocenters. The largest absolute Gasteiger partial charge is 0.396 e. The molecule has 20 heavy (non-hydrogen) atoms. The third-order valence-electron chi connectivity index (χ3n) is 5.15. The molecule has 1 amide bonds. The van der Waals surface area contributed by atoms with Crippen LogP contribution in [0, 0.1) is 11.3 Å². The molecule has 3 N–H and O–H groups in total. The van der Waals surface area contributed by atoms with E-state index in [4.69, 9.17) is 0 Å². The predicted octanol–water partition coefficient (Wildman–Crippen LogP) is 1.83. The molecule has 0 unspecified atom stereocenters. The molecule has 0 aromatic carbocycles. The van der Waals surface area contributed by atoms with Crippen LogP contribution in [0.1, 0.15) is 57.8 Å². The van der Waals surface area contributed by atoms with Crippen molar-refractivity contribution >= 4 is 5.91 Å². The molecule has 1 aliphatic heterocycles. The lowest BCUT2D eigenvalue weighted by Crippen LogP contribution is -2.41. The Kier molecular flexibility index (Phi) is 6.30.